The molecule has 1 aromatic rings. The molecule has 0 atom stereocenters. The van der Waals surface area contributed by atoms with Gasteiger partial charge in [-0.3, -0.25) is 0 Å². The first kappa shape index (κ1) is 16.1. The van der Waals surface area contributed by atoms with Crippen LogP contribution in [0.3, 0.4) is 0 Å². The Labute approximate surface area is 108 Å². The van der Waals surface area contributed by atoms with Gasteiger partial charge in [0.1, 0.15) is 0 Å². The molecule has 0 saturated carbocycles. The second kappa shape index (κ2) is 11.6. The van der Waals surface area contributed by atoms with E-state index in [4.69, 9.17) is 9.84 Å². The van der Waals surface area contributed by atoms with Crippen molar-refractivity contribution in [1.29, 1.82) is 0 Å². The van der Waals surface area contributed by atoms with Crippen LogP contribution in [0.15, 0.2) is 55.6 Å². The molecule has 3 nitrogen and oxygen atoms in total. The maximum absolute atomic E-state index is 11.3. The van der Waals surface area contributed by atoms with E-state index in [-0.39, 0.29) is 12.6 Å². The van der Waals surface area contributed by atoms with Crippen molar-refractivity contribution in [1.82, 2.24) is 0 Å². The highest BCUT2D eigenvalue weighted by molar-refractivity contribution is 5.89. The van der Waals surface area contributed by atoms with E-state index in [0.29, 0.717) is 25.0 Å². The molecule has 0 fully saturated rings. The maximum Gasteiger partial charge on any atom is 0.338 e. The Morgan fingerprint density at radius 3 is 2.22 bits per heavy atom. The maximum atomic E-state index is 11.3. The second-order valence-corrected chi connectivity index (χ2v) is 3.38. The number of rotatable bonds is 6. The van der Waals surface area contributed by atoms with Gasteiger partial charge in [0.2, 0.25) is 0 Å². The molecular weight excluding hydrogens is 228 g/mol. The van der Waals surface area contributed by atoms with Gasteiger partial charge in [0, 0.05) is 6.61 Å². The zero-order valence-corrected chi connectivity index (χ0v) is 10.5. The van der Waals surface area contributed by atoms with Crippen LogP contribution >= 0.6 is 0 Å². The molecule has 0 bridgehead atoms. The van der Waals surface area contributed by atoms with E-state index in [0.717, 1.165) is 0 Å². The zero-order valence-electron chi connectivity index (χ0n) is 10.5. The van der Waals surface area contributed by atoms with Crippen LogP contribution < -0.4 is 0 Å². The third-order valence-corrected chi connectivity index (χ3v) is 1.90. The molecule has 3 heteroatoms. The summed E-state index contributed by atoms with van der Waals surface area (Å²) in [7, 11) is 0. The Kier molecular flexibility index (Phi) is 10.4. The summed E-state index contributed by atoms with van der Waals surface area (Å²) in [4.78, 5) is 11.3. The fraction of sp³-hybridized carbons (Fsp3) is 0.267. The molecule has 0 aliphatic heterocycles. The lowest BCUT2D eigenvalue weighted by molar-refractivity contribution is 0.0512. The average molecular weight is 248 g/mol. The summed E-state index contributed by atoms with van der Waals surface area (Å²) in [5, 5.41) is 8.00. The van der Waals surface area contributed by atoms with Crippen LogP contribution in [0, 0.1) is 0 Å². The van der Waals surface area contributed by atoms with Crippen molar-refractivity contribution in [2.75, 3.05) is 13.2 Å². The van der Waals surface area contributed by atoms with Crippen LogP contribution in [0.1, 0.15) is 23.2 Å². The Morgan fingerprint density at radius 1 is 1.17 bits per heavy atom. The molecule has 0 radical (unpaired) electrons. The van der Waals surface area contributed by atoms with Crippen LogP contribution in [0.5, 0.6) is 0 Å². The van der Waals surface area contributed by atoms with Gasteiger partial charge in [0.15, 0.2) is 0 Å². The van der Waals surface area contributed by atoms with Gasteiger partial charge in [0.05, 0.1) is 12.2 Å². The van der Waals surface area contributed by atoms with Crippen molar-refractivity contribution in [3.05, 3.63) is 61.2 Å². The molecule has 18 heavy (non-hydrogen) atoms. The molecule has 0 aliphatic carbocycles. The van der Waals surface area contributed by atoms with Crippen molar-refractivity contribution in [3.63, 3.8) is 0 Å². The van der Waals surface area contributed by atoms with Crippen LogP contribution in [0.25, 0.3) is 0 Å². The van der Waals surface area contributed by atoms with Crippen LogP contribution in [-0.2, 0) is 4.74 Å². The number of carbonyl (C=O) groups excluding carboxylic acids is 1. The average Bonchev–Trinajstić information content (AvgIpc) is 2.41. The Hall–Kier alpha value is -1.87. The monoisotopic (exact) mass is 248 g/mol. The zero-order chi connectivity index (χ0) is 13.6. The summed E-state index contributed by atoms with van der Waals surface area (Å²) in [5.41, 5.74) is 0.589. The summed E-state index contributed by atoms with van der Waals surface area (Å²) in [6.07, 6.45) is 4.80. The molecule has 0 heterocycles. The van der Waals surface area contributed by atoms with Gasteiger partial charge in [-0.15, -0.1) is 13.2 Å². The van der Waals surface area contributed by atoms with Crippen molar-refractivity contribution < 1.29 is 14.6 Å². The van der Waals surface area contributed by atoms with Crippen LogP contribution in [0.4, 0.5) is 0 Å². The van der Waals surface area contributed by atoms with Crippen molar-refractivity contribution >= 4 is 5.97 Å². The van der Waals surface area contributed by atoms with E-state index < -0.39 is 0 Å². The normalized spacial score (nSPS) is 8.72. The number of hydrogen-bond donors (Lipinski definition) is 1. The number of benzene rings is 1. The summed E-state index contributed by atoms with van der Waals surface area (Å²) >= 11 is 0. The number of carbonyl (C=O) groups is 1. The first-order valence-corrected chi connectivity index (χ1v) is 5.81. The third kappa shape index (κ3) is 8.30. The van der Waals surface area contributed by atoms with E-state index in [1.54, 1.807) is 24.3 Å². The molecule has 1 rings (SSSR count). The fourth-order valence-corrected chi connectivity index (χ4v) is 0.984. The topological polar surface area (TPSA) is 46.5 Å². The highest BCUT2D eigenvalue weighted by atomic mass is 16.5. The fourth-order valence-electron chi connectivity index (χ4n) is 0.984. The van der Waals surface area contributed by atoms with E-state index >= 15 is 0 Å². The smallest absolute Gasteiger partial charge is 0.338 e. The highest BCUT2D eigenvalue weighted by Crippen LogP contribution is 2.01. The molecule has 0 spiro atoms. The molecule has 0 saturated heterocycles. The van der Waals surface area contributed by atoms with E-state index in [9.17, 15) is 4.79 Å². The number of aliphatic hydroxyl groups is 1. The molecule has 98 valence electrons. The molecule has 1 N–H and O–H groups in total. The molecule has 0 amide bonds. The van der Waals surface area contributed by atoms with Crippen molar-refractivity contribution in [2.45, 2.75) is 12.8 Å². The van der Waals surface area contributed by atoms with Crippen LogP contribution in [-0.4, -0.2) is 24.3 Å². The molecule has 0 aliphatic rings. The minimum atomic E-state index is -0.276. The molecule has 1 aromatic carbocycles. The predicted molar refractivity (Wildman–Crippen MR) is 73.4 cm³/mol. The molecule has 0 unspecified atom stereocenters. The summed E-state index contributed by atoms with van der Waals surface area (Å²) < 4.78 is 4.96. The van der Waals surface area contributed by atoms with Gasteiger partial charge in [-0.1, -0.05) is 30.4 Å². The van der Waals surface area contributed by atoms with Gasteiger partial charge >= 0.3 is 5.97 Å². The van der Waals surface area contributed by atoms with E-state index in [1.807, 2.05) is 18.2 Å². The quantitative estimate of drug-likeness (QED) is 0.478. The first-order chi connectivity index (χ1) is 8.76. The predicted octanol–water partition coefficient (Wildman–Crippen LogP) is 2.97. The Balaban J connectivity index is 0.000000494. The minimum absolute atomic E-state index is 0.226. The molecular formula is C15H20O3. The number of aliphatic hydroxyl groups excluding tert-OH is 1. The first-order valence-electron chi connectivity index (χ1n) is 5.81. The van der Waals surface area contributed by atoms with E-state index in [2.05, 4.69) is 13.2 Å². The minimum Gasteiger partial charge on any atom is -0.462 e. The standard InChI is InChI=1S/C11H12O2.C4H8O/c1-2-3-9-13-11(12)10-7-5-4-6-8-10;1-2-3-4-5/h2,4-8H,1,3,9H2;2,5H,1,3-4H2. The van der Waals surface area contributed by atoms with Crippen molar-refractivity contribution in [3.8, 4) is 0 Å². The third-order valence-electron chi connectivity index (χ3n) is 1.90. The van der Waals surface area contributed by atoms with Gasteiger partial charge in [-0.2, -0.15) is 0 Å². The summed E-state index contributed by atoms with van der Waals surface area (Å²) in [5.74, 6) is -0.276. The van der Waals surface area contributed by atoms with Gasteiger partial charge in [-0.05, 0) is 25.0 Å². The van der Waals surface area contributed by atoms with Crippen LogP contribution in [0.2, 0.25) is 0 Å². The summed E-state index contributed by atoms with van der Waals surface area (Å²) in [6.45, 7) is 7.56. The SMILES string of the molecule is C=CCCO.C=CCCOC(=O)c1ccccc1. The van der Waals surface area contributed by atoms with Crippen molar-refractivity contribution in [2.24, 2.45) is 0 Å². The van der Waals surface area contributed by atoms with Gasteiger partial charge in [-0.25, -0.2) is 4.79 Å². The lowest BCUT2D eigenvalue weighted by Gasteiger charge is -2.01. The largest absolute Gasteiger partial charge is 0.462 e. The summed E-state index contributed by atoms with van der Waals surface area (Å²) in [6, 6.07) is 8.95. The number of esters is 1. The van der Waals surface area contributed by atoms with Gasteiger partial charge in [0.25, 0.3) is 0 Å². The molecule has 0 aromatic heterocycles. The second-order valence-electron chi connectivity index (χ2n) is 3.38. The highest BCUT2D eigenvalue weighted by Gasteiger charge is 2.03. The Bertz CT molecular complexity index is 344. The van der Waals surface area contributed by atoms with Gasteiger partial charge < -0.3 is 9.84 Å². The number of hydrogen-bond acceptors (Lipinski definition) is 3. The lowest BCUT2D eigenvalue weighted by atomic mass is 10.2. The number of ether oxygens (including phenoxy) is 1. The van der Waals surface area contributed by atoms with E-state index in [1.165, 1.54) is 0 Å². The lowest BCUT2D eigenvalue weighted by Crippen LogP contribution is -2.05. The Morgan fingerprint density at radius 2 is 1.78 bits per heavy atom.